The number of allylic oxidation sites excluding steroid dienone is 2. The lowest BCUT2D eigenvalue weighted by Crippen LogP contribution is -2.69. The van der Waals surface area contributed by atoms with Crippen LogP contribution in [0.4, 0.5) is 0 Å². The molecular formula is C30H48O6. The molecule has 1 aliphatic heterocycles. The van der Waals surface area contributed by atoms with E-state index in [0.29, 0.717) is 12.3 Å². The molecule has 0 aromatic rings. The Morgan fingerprint density at radius 2 is 1.72 bits per heavy atom. The molecule has 6 heteroatoms. The Bertz CT molecular complexity index is 946. The highest BCUT2D eigenvalue weighted by Crippen LogP contribution is 2.76. The zero-order chi connectivity index (χ0) is 25.9. The Hall–Kier alpha value is -0.500. The van der Waals surface area contributed by atoms with Crippen LogP contribution in [0.2, 0.25) is 0 Å². The van der Waals surface area contributed by atoms with Gasteiger partial charge in [0.1, 0.15) is 0 Å². The van der Waals surface area contributed by atoms with E-state index in [1.54, 1.807) is 12.7 Å². The molecule has 1 saturated heterocycles. The van der Waals surface area contributed by atoms with Gasteiger partial charge >= 0.3 is 0 Å². The van der Waals surface area contributed by atoms with Crippen LogP contribution in [-0.2, 0) is 9.47 Å². The van der Waals surface area contributed by atoms with Gasteiger partial charge in [-0.3, -0.25) is 0 Å². The number of aliphatic hydroxyl groups is 4. The molecule has 4 saturated carbocycles. The number of methoxy groups -OCH3 is 1. The lowest BCUT2D eigenvalue weighted by atomic mass is 9.34. The third-order valence-corrected chi connectivity index (χ3v) is 13.6. The number of ether oxygens (including phenoxy) is 2. The first-order valence-electron chi connectivity index (χ1n) is 14.3. The van der Waals surface area contributed by atoms with E-state index in [1.165, 1.54) is 12.8 Å². The van der Waals surface area contributed by atoms with Gasteiger partial charge < -0.3 is 29.9 Å². The van der Waals surface area contributed by atoms with E-state index in [4.69, 9.17) is 9.47 Å². The van der Waals surface area contributed by atoms with Crippen molar-refractivity contribution >= 4 is 0 Å². The van der Waals surface area contributed by atoms with Crippen molar-refractivity contribution < 1.29 is 29.9 Å². The summed E-state index contributed by atoms with van der Waals surface area (Å²) >= 11 is 0. The fourth-order valence-corrected chi connectivity index (χ4v) is 11.5. The number of rotatable bonds is 3. The summed E-state index contributed by atoms with van der Waals surface area (Å²) < 4.78 is 12.7. The molecule has 204 valence electrons. The minimum Gasteiger partial charge on any atom is -0.396 e. The molecule has 5 fully saturated rings. The minimum atomic E-state index is -1.10. The molecule has 0 aromatic heterocycles. The van der Waals surface area contributed by atoms with E-state index in [1.807, 2.05) is 0 Å². The average Bonchev–Trinajstić information content (AvgIpc) is 3.13. The largest absolute Gasteiger partial charge is 0.396 e. The average molecular weight is 505 g/mol. The minimum absolute atomic E-state index is 0.00783. The van der Waals surface area contributed by atoms with Crippen molar-refractivity contribution in [2.24, 2.45) is 44.3 Å². The van der Waals surface area contributed by atoms with Crippen LogP contribution >= 0.6 is 0 Å². The van der Waals surface area contributed by atoms with Gasteiger partial charge in [-0.15, -0.1) is 0 Å². The van der Waals surface area contributed by atoms with Crippen LogP contribution in [0.15, 0.2) is 11.6 Å². The van der Waals surface area contributed by atoms with E-state index < -0.39 is 17.6 Å². The summed E-state index contributed by atoms with van der Waals surface area (Å²) in [5.41, 5.74) is 0.560. The predicted molar refractivity (Wildman–Crippen MR) is 136 cm³/mol. The molecule has 0 aromatic carbocycles. The zero-order valence-corrected chi connectivity index (χ0v) is 22.9. The van der Waals surface area contributed by atoms with Crippen LogP contribution in [0.5, 0.6) is 0 Å². The van der Waals surface area contributed by atoms with Crippen molar-refractivity contribution in [3.05, 3.63) is 11.6 Å². The van der Waals surface area contributed by atoms with E-state index >= 15 is 0 Å². The topological polar surface area (TPSA) is 99.4 Å². The summed E-state index contributed by atoms with van der Waals surface area (Å²) in [6, 6.07) is 0. The fourth-order valence-electron chi connectivity index (χ4n) is 11.5. The van der Waals surface area contributed by atoms with Crippen LogP contribution in [-0.4, -0.2) is 65.4 Å². The van der Waals surface area contributed by atoms with Gasteiger partial charge in [0, 0.05) is 23.4 Å². The summed E-state index contributed by atoms with van der Waals surface area (Å²) in [6.07, 6.45) is 9.49. The summed E-state index contributed by atoms with van der Waals surface area (Å²) in [4.78, 5) is 0. The van der Waals surface area contributed by atoms with Crippen molar-refractivity contribution in [2.45, 2.75) is 110 Å². The lowest BCUT2D eigenvalue weighted by molar-refractivity contribution is -0.285. The number of aliphatic hydroxyl groups excluding tert-OH is 4. The van der Waals surface area contributed by atoms with E-state index in [2.05, 4.69) is 33.8 Å². The second kappa shape index (κ2) is 7.79. The van der Waals surface area contributed by atoms with Crippen molar-refractivity contribution in [1.82, 2.24) is 0 Å². The van der Waals surface area contributed by atoms with Gasteiger partial charge in [-0.1, -0.05) is 39.3 Å². The van der Waals surface area contributed by atoms with Crippen molar-refractivity contribution in [1.29, 1.82) is 0 Å². The molecule has 11 unspecified atom stereocenters. The highest BCUT2D eigenvalue weighted by atomic mass is 16.7. The first-order chi connectivity index (χ1) is 16.9. The Labute approximate surface area is 216 Å². The van der Waals surface area contributed by atoms with Gasteiger partial charge in [-0.25, -0.2) is 0 Å². The fraction of sp³-hybridized carbons (Fsp3) is 0.933. The van der Waals surface area contributed by atoms with E-state index in [0.717, 1.165) is 38.5 Å². The van der Waals surface area contributed by atoms with Crippen LogP contribution in [0.1, 0.15) is 85.5 Å². The second-order valence-corrected chi connectivity index (χ2v) is 14.9. The SMILES string of the molecule is COC1OC2CC3(C)C(=CCC4C5(C)CC(O)C(O)C(CO)(CO)C5CCC43C)CC23CCC1(C)C3. The normalized spacial score (nSPS) is 57.2. The van der Waals surface area contributed by atoms with Crippen LogP contribution in [0.25, 0.3) is 0 Å². The first-order valence-corrected chi connectivity index (χ1v) is 14.3. The van der Waals surface area contributed by atoms with Gasteiger partial charge in [0.05, 0.1) is 31.5 Å². The third kappa shape index (κ3) is 2.85. The Morgan fingerprint density at radius 1 is 1.00 bits per heavy atom. The van der Waals surface area contributed by atoms with Gasteiger partial charge in [0.25, 0.3) is 0 Å². The standard InChI is InChI=1S/C30H48O6/c1-25-10-11-29(15-25)12-18-6-7-20-26(2)13-19(33)23(34)30(16-31,17-32)21(26)8-9-27(20,3)28(18,4)14-22(29)36-24(25)35-5/h6,19-24,31-34H,7-17H2,1-5H3. The van der Waals surface area contributed by atoms with Crippen LogP contribution < -0.4 is 0 Å². The number of hydrogen-bond acceptors (Lipinski definition) is 6. The highest BCUT2D eigenvalue weighted by molar-refractivity contribution is 5.33. The quantitative estimate of drug-likeness (QED) is 0.437. The molecule has 1 heterocycles. The maximum atomic E-state index is 11.0. The van der Waals surface area contributed by atoms with Crippen molar-refractivity contribution in [3.63, 3.8) is 0 Å². The molecule has 6 rings (SSSR count). The Balaban J connectivity index is 1.40. The predicted octanol–water partition coefficient (Wildman–Crippen LogP) is 3.80. The second-order valence-electron chi connectivity index (χ2n) is 14.9. The molecule has 6 aliphatic rings. The maximum Gasteiger partial charge on any atom is 0.162 e. The molecule has 11 atom stereocenters. The van der Waals surface area contributed by atoms with Crippen molar-refractivity contribution in [2.75, 3.05) is 20.3 Å². The number of hydrogen-bond donors (Lipinski definition) is 4. The van der Waals surface area contributed by atoms with E-state index in [-0.39, 0.29) is 58.6 Å². The third-order valence-electron chi connectivity index (χ3n) is 13.6. The molecule has 36 heavy (non-hydrogen) atoms. The Morgan fingerprint density at radius 3 is 2.39 bits per heavy atom. The summed E-state index contributed by atoms with van der Waals surface area (Å²) in [7, 11) is 1.79. The summed E-state index contributed by atoms with van der Waals surface area (Å²) in [5, 5.41) is 43.0. The molecule has 5 aliphatic carbocycles. The zero-order valence-electron chi connectivity index (χ0n) is 22.9. The van der Waals surface area contributed by atoms with E-state index in [9.17, 15) is 20.4 Å². The monoisotopic (exact) mass is 504 g/mol. The molecular weight excluding hydrogens is 456 g/mol. The summed E-state index contributed by atoms with van der Waals surface area (Å²) in [5.74, 6) is 0.256. The molecule has 6 nitrogen and oxygen atoms in total. The molecule has 0 amide bonds. The van der Waals surface area contributed by atoms with Gasteiger partial charge in [-0.05, 0) is 85.9 Å². The van der Waals surface area contributed by atoms with Gasteiger partial charge in [0.15, 0.2) is 6.29 Å². The van der Waals surface area contributed by atoms with Gasteiger partial charge in [-0.2, -0.15) is 0 Å². The smallest absolute Gasteiger partial charge is 0.162 e. The summed E-state index contributed by atoms with van der Waals surface area (Å²) in [6.45, 7) is 8.93. The van der Waals surface area contributed by atoms with Crippen LogP contribution in [0.3, 0.4) is 0 Å². The first kappa shape index (κ1) is 25.8. The Kier molecular flexibility index (Phi) is 5.57. The molecule has 4 N–H and O–H groups in total. The number of fused-ring (bicyclic) bond motifs is 6. The van der Waals surface area contributed by atoms with Gasteiger partial charge in [0.2, 0.25) is 0 Å². The van der Waals surface area contributed by atoms with Crippen LogP contribution in [0, 0.1) is 44.3 Å². The highest BCUT2D eigenvalue weighted by Gasteiger charge is 2.71. The van der Waals surface area contributed by atoms with Crippen molar-refractivity contribution in [3.8, 4) is 0 Å². The lowest BCUT2D eigenvalue weighted by Gasteiger charge is -2.71. The molecule has 1 spiro atoms. The maximum absolute atomic E-state index is 11.0. The molecule has 2 bridgehead atoms. The molecule has 0 radical (unpaired) electrons.